The Labute approximate surface area is 79.8 Å². The molecule has 1 aliphatic carbocycles. The van der Waals surface area contributed by atoms with Crippen molar-refractivity contribution < 1.29 is 4.79 Å². The van der Waals surface area contributed by atoms with Gasteiger partial charge in [-0.05, 0) is 19.3 Å². The van der Waals surface area contributed by atoms with Gasteiger partial charge in [0.1, 0.15) is 0 Å². The molecule has 1 rings (SSSR count). The fourth-order valence-electron chi connectivity index (χ4n) is 1.20. The van der Waals surface area contributed by atoms with Crippen molar-refractivity contribution >= 4 is 6.03 Å². The number of hydrogen-bond acceptors (Lipinski definition) is 1. The second-order valence-electron chi connectivity index (χ2n) is 3.46. The van der Waals surface area contributed by atoms with E-state index in [-0.39, 0.29) is 6.03 Å². The van der Waals surface area contributed by atoms with Crippen LogP contribution in [0.4, 0.5) is 4.79 Å². The third-order valence-corrected chi connectivity index (χ3v) is 2.04. The molecule has 2 amide bonds. The van der Waals surface area contributed by atoms with E-state index >= 15 is 0 Å². The van der Waals surface area contributed by atoms with Gasteiger partial charge in [-0.15, -0.1) is 6.58 Å². The molecular weight excluding hydrogens is 164 g/mol. The number of nitrogens with zero attached hydrogens (tertiary/aromatic N) is 1. The Kier molecular flexibility index (Phi) is 3.80. The lowest BCUT2D eigenvalue weighted by atomic mass is 10.4. The molecule has 0 aromatic rings. The van der Waals surface area contributed by atoms with Crippen LogP contribution in [-0.4, -0.2) is 30.1 Å². The maximum atomic E-state index is 11.5. The standard InChI is InChI=1S/C10H18N2O/c1-3-7-12(8-4-2)10(13)11-9-5-6-9/h3,9H,1,4-8H2,2H3,(H,11,13). The minimum absolute atomic E-state index is 0.0595. The summed E-state index contributed by atoms with van der Waals surface area (Å²) in [6.07, 6.45) is 5.04. The molecular formula is C10H18N2O. The highest BCUT2D eigenvalue weighted by molar-refractivity contribution is 5.75. The summed E-state index contributed by atoms with van der Waals surface area (Å²) in [4.78, 5) is 13.3. The molecule has 0 aliphatic heterocycles. The Morgan fingerprint density at radius 3 is 2.85 bits per heavy atom. The van der Waals surface area contributed by atoms with Crippen molar-refractivity contribution in [2.24, 2.45) is 0 Å². The van der Waals surface area contributed by atoms with E-state index in [1.54, 1.807) is 11.0 Å². The molecule has 3 nitrogen and oxygen atoms in total. The summed E-state index contributed by atoms with van der Waals surface area (Å²) in [5, 5.41) is 2.96. The highest BCUT2D eigenvalue weighted by Gasteiger charge is 2.25. The molecule has 13 heavy (non-hydrogen) atoms. The van der Waals surface area contributed by atoms with E-state index in [4.69, 9.17) is 0 Å². The first-order valence-electron chi connectivity index (χ1n) is 4.94. The van der Waals surface area contributed by atoms with Crippen molar-refractivity contribution in [3.63, 3.8) is 0 Å². The summed E-state index contributed by atoms with van der Waals surface area (Å²) in [6.45, 7) is 7.16. The highest BCUT2D eigenvalue weighted by atomic mass is 16.2. The van der Waals surface area contributed by atoms with Gasteiger partial charge in [-0.25, -0.2) is 4.79 Å². The van der Waals surface area contributed by atoms with Gasteiger partial charge >= 0.3 is 6.03 Å². The van der Waals surface area contributed by atoms with Crippen LogP contribution in [0.15, 0.2) is 12.7 Å². The summed E-state index contributed by atoms with van der Waals surface area (Å²) in [5.41, 5.74) is 0. The molecule has 0 unspecified atom stereocenters. The van der Waals surface area contributed by atoms with Crippen molar-refractivity contribution in [1.29, 1.82) is 0 Å². The number of urea groups is 1. The summed E-state index contributed by atoms with van der Waals surface area (Å²) < 4.78 is 0. The van der Waals surface area contributed by atoms with E-state index in [1.165, 1.54) is 0 Å². The van der Waals surface area contributed by atoms with Crippen LogP contribution in [0.5, 0.6) is 0 Å². The van der Waals surface area contributed by atoms with Gasteiger partial charge < -0.3 is 10.2 Å². The summed E-state index contributed by atoms with van der Waals surface area (Å²) in [7, 11) is 0. The molecule has 0 heterocycles. The Hall–Kier alpha value is -0.990. The third-order valence-electron chi connectivity index (χ3n) is 2.04. The number of hydrogen-bond donors (Lipinski definition) is 1. The van der Waals surface area contributed by atoms with Crippen molar-refractivity contribution in [2.45, 2.75) is 32.2 Å². The van der Waals surface area contributed by atoms with Gasteiger partial charge in [0.25, 0.3) is 0 Å². The fraction of sp³-hybridized carbons (Fsp3) is 0.700. The fourth-order valence-corrected chi connectivity index (χ4v) is 1.20. The topological polar surface area (TPSA) is 32.3 Å². The van der Waals surface area contributed by atoms with Gasteiger partial charge in [0.05, 0.1) is 0 Å². The number of rotatable bonds is 5. The van der Waals surface area contributed by atoms with Crippen LogP contribution in [0.2, 0.25) is 0 Å². The smallest absolute Gasteiger partial charge is 0.317 e. The van der Waals surface area contributed by atoms with Crippen molar-refractivity contribution in [1.82, 2.24) is 10.2 Å². The molecule has 1 saturated carbocycles. The number of carbonyl (C=O) groups is 1. The normalized spacial score (nSPS) is 15.2. The van der Waals surface area contributed by atoms with Gasteiger partial charge in [0.2, 0.25) is 0 Å². The Morgan fingerprint density at radius 2 is 2.38 bits per heavy atom. The Morgan fingerprint density at radius 1 is 1.69 bits per heavy atom. The van der Waals surface area contributed by atoms with Crippen LogP contribution in [0.1, 0.15) is 26.2 Å². The molecule has 1 aliphatic rings. The monoisotopic (exact) mass is 182 g/mol. The predicted octanol–water partition coefficient (Wildman–Crippen LogP) is 1.76. The van der Waals surface area contributed by atoms with Crippen LogP contribution >= 0.6 is 0 Å². The first-order valence-corrected chi connectivity index (χ1v) is 4.94. The largest absolute Gasteiger partial charge is 0.335 e. The lowest BCUT2D eigenvalue weighted by Gasteiger charge is -2.20. The van der Waals surface area contributed by atoms with Crippen LogP contribution in [0.3, 0.4) is 0 Å². The lowest BCUT2D eigenvalue weighted by Crippen LogP contribution is -2.41. The molecule has 0 aromatic carbocycles. The summed E-state index contributed by atoms with van der Waals surface area (Å²) in [6, 6.07) is 0.501. The zero-order chi connectivity index (χ0) is 9.68. The van der Waals surface area contributed by atoms with E-state index in [0.29, 0.717) is 12.6 Å². The van der Waals surface area contributed by atoms with Crippen molar-refractivity contribution in [2.75, 3.05) is 13.1 Å². The summed E-state index contributed by atoms with van der Waals surface area (Å²) >= 11 is 0. The second-order valence-corrected chi connectivity index (χ2v) is 3.46. The Balaban J connectivity index is 2.31. The van der Waals surface area contributed by atoms with Crippen LogP contribution in [0.25, 0.3) is 0 Å². The quantitative estimate of drug-likeness (QED) is 0.645. The zero-order valence-corrected chi connectivity index (χ0v) is 8.25. The second kappa shape index (κ2) is 4.90. The van der Waals surface area contributed by atoms with Gasteiger partial charge in [-0.3, -0.25) is 0 Å². The minimum Gasteiger partial charge on any atom is -0.335 e. The van der Waals surface area contributed by atoms with E-state index in [1.807, 2.05) is 0 Å². The minimum atomic E-state index is 0.0595. The lowest BCUT2D eigenvalue weighted by molar-refractivity contribution is 0.203. The number of nitrogens with one attached hydrogen (secondary N) is 1. The first-order chi connectivity index (χ1) is 6.27. The highest BCUT2D eigenvalue weighted by Crippen LogP contribution is 2.18. The molecule has 0 atom stereocenters. The molecule has 3 heteroatoms. The van der Waals surface area contributed by atoms with Gasteiger partial charge in [-0.2, -0.15) is 0 Å². The molecule has 0 bridgehead atoms. The van der Waals surface area contributed by atoms with Crippen LogP contribution < -0.4 is 5.32 Å². The first kappa shape index (κ1) is 10.1. The molecule has 0 aromatic heterocycles. The molecule has 0 radical (unpaired) electrons. The maximum absolute atomic E-state index is 11.5. The van der Waals surface area contributed by atoms with Crippen LogP contribution in [0, 0.1) is 0 Å². The maximum Gasteiger partial charge on any atom is 0.317 e. The SMILES string of the molecule is C=CCN(CCC)C(=O)NC1CC1. The van der Waals surface area contributed by atoms with Crippen molar-refractivity contribution in [3.05, 3.63) is 12.7 Å². The zero-order valence-electron chi connectivity index (χ0n) is 8.25. The van der Waals surface area contributed by atoms with E-state index in [2.05, 4.69) is 18.8 Å². The van der Waals surface area contributed by atoms with Crippen LogP contribution in [-0.2, 0) is 0 Å². The van der Waals surface area contributed by atoms with Gasteiger partial charge in [-0.1, -0.05) is 13.0 Å². The average molecular weight is 182 g/mol. The molecule has 1 fully saturated rings. The van der Waals surface area contributed by atoms with E-state index < -0.39 is 0 Å². The molecule has 0 spiro atoms. The predicted molar refractivity (Wildman–Crippen MR) is 53.6 cm³/mol. The molecule has 1 N–H and O–H groups in total. The average Bonchev–Trinajstić information content (AvgIpc) is 2.88. The molecule has 0 saturated heterocycles. The third kappa shape index (κ3) is 3.49. The van der Waals surface area contributed by atoms with Gasteiger partial charge in [0.15, 0.2) is 0 Å². The van der Waals surface area contributed by atoms with E-state index in [9.17, 15) is 4.79 Å². The van der Waals surface area contributed by atoms with Crippen molar-refractivity contribution in [3.8, 4) is 0 Å². The summed E-state index contributed by atoms with van der Waals surface area (Å²) in [5.74, 6) is 0. The molecule has 74 valence electrons. The Bertz CT molecular complexity index is 187. The van der Waals surface area contributed by atoms with Gasteiger partial charge in [0, 0.05) is 19.1 Å². The van der Waals surface area contributed by atoms with E-state index in [0.717, 1.165) is 25.8 Å². The number of carbonyl (C=O) groups excluding carboxylic acids is 1. The number of amides is 2.